The number of thiophene rings is 1. The number of aromatic nitrogens is 3. The van der Waals surface area contributed by atoms with Crippen LogP contribution < -0.4 is 0 Å². The standard InChI is InChI=1S/C49H27N5S/c1-51-33-19-22-44-41(28-33)47-45(23-20-39-48-46(55-49(39)47)17-8-24-52-48)54(44)35-12-7-10-32(27-35)37-14-3-2-13-36(37)31-9-6-11-34(26-31)53-42-16-5-4-15-38(42)40-25-30(29-50)18-21-43(40)53/h2-28H. The van der Waals surface area contributed by atoms with Crippen LogP contribution in [0.4, 0.5) is 5.69 Å². The highest BCUT2D eigenvalue weighted by Gasteiger charge is 2.20. The topological polar surface area (TPSA) is 50.9 Å². The van der Waals surface area contributed by atoms with Crippen molar-refractivity contribution in [2.45, 2.75) is 0 Å². The van der Waals surface area contributed by atoms with E-state index in [-0.39, 0.29) is 0 Å². The van der Waals surface area contributed by atoms with Crippen molar-refractivity contribution < 1.29 is 0 Å². The summed E-state index contributed by atoms with van der Waals surface area (Å²) < 4.78 is 6.97. The molecule has 0 N–H and O–H groups in total. The average Bonchev–Trinajstić information content (AvgIpc) is 3.91. The fraction of sp³-hybridized carbons (Fsp3) is 0. The highest BCUT2D eigenvalue weighted by Crippen LogP contribution is 2.44. The molecule has 0 saturated heterocycles. The summed E-state index contributed by atoms with van der Waals surface area (Å²) in [6, 6.07) is 57.3. The van der Waals surface area contributed by atoms with Gasteiger partial charge in [0.1, 0.15) is 0 Å². The highest BCUT2D eigenvalue weighted by atomic mass is 32.1. The Bertz CT molecular complexity index is 3480. The molecule has 5 nitrogen and oxygen atoms in total. The number of nitriles is 1. The molecule has 55 heavy (non-hydrogen) atoms. The zero-order chi connectivity index (χ0) is 36.6. The summed E-state index contributed by atoms with van der Waals surface area (Å²) in [6.45, 7) is 7.80. The molecule has 0 unspecified atom stereocenters. The second-order valence-corrected chi connectivity index (χ2v) is 14.8. The third kappa shape index (κ3) is 4.66. The molecule has 4 aromatic heterocycles. The summed E-state index contributed by atoms with van der Waals surface area (Å²) in [5, 5.41) is 15.2. The lowest BCUT2D eigenvalue weighted by Gasteiger charge is -2.15. The Morgan fingerprint density at radius 3 is 2.00 bits per heavy atom. The molecule has 0 saturated carbocycles. The third-order valence-corrected chi connectivity index (χ3v) is 12.0. The Hall–Kier alpha value is -7.51. The fourth-order valence-electron chi connectivity index (χ4n) is 8.43. The van der Waals surface area contributed by atoms with Crippen LogP contribution in [0.5, 0.6) is 0 Å². The van der Waals surface area contributed by atoms with Crippen molar-refractivity contribution in [3.63, 3.8) is 0 Å². The van der Waals surface area contributed by atoms with E-state index in [1.54, 1.807) is 11.3 Å². The van der Waals surface area contributed by atoms with Gasteiger partial charge >= 0.3 is 0 Å². The van der Waals surface area contributed by atoms with E-state index in [1.807, 2.05) is 36.5 Å². The molecule has 0 atom stereocenters. The van der Waals surface area contributed by atoms with Crippen LogP contribution in [0.2, 0.25) is 0 Å². The number of nitrogens with zero attached hydrogens (tertiary/aromatic N) is 5. The van der Waals surface area contributed by atoms with Gasteiger partial charge in [-0.3, -0.25) is 4.98 Å². The first kappa shape index (κ1) is 31.1. The molecule has 0 aliphatic rings. The molecular weight excluding hydrogens is 691 g/mol. The molecule has 11 rings (SSSR count). The minimum absolute atomic E-state index is 0.625. The van der Waals surface area contributed by atoms with Gasteiger partial charge < -0.3 is 9.13 Å². The predicted octanol–water partition coefficient (Wildman–Crippen LogP) is 13.4. The second-order valence-electron chi connectivity index (χ2n) is 13.8. The van der Waals surface area contributed by atoms with E-state index in [0.29, 0.717) is 11.3 Å². The maximum absolute atomic E-state index is 9.65. The van der Waals surface area contributed by atoms with Gasteiger partial charge in [-0.2, -0.15) is 5.26 Å². The molecule has 4 heterocycles. The van der Waals surface area contributed by atoms with Crippen molar-refractivity contribution in [2.24, 2.45) is 0 Å². The van der Waals surface area contributed by atoms with E-state index < -0.39 is 0 Å². The molecule has 0 aliphatic heterocycles. The first-order valence-electron chi connectivity index (χ1n) is 18.0. The van der Waals surface area contributed by atoms with Gasteiger partial charge in [0.25, 0.3) is 0 Å². The van der Waals surface area contributed by atoms with Crippen LogP contribution in [0.1, 0.15) is 5.56 Å². The molecular formula is C49H27N5S. The van der Waals surface area contributed by atoms with Crippen LogP contribution in [0, 0.1) is 17.9 Å². The van der Waals surface area contributed by atoms with Crippen LogP contribution >= 0.6 is 11.3 Å². The fourth-order valence-corrected chi connectivity index (χ4v) is 9.64. The van der Waals surface area contributed by atoms with E-state index in [2.05, 4.69) is 147 Å². The third-order valence-electron chi connectivity index (χ3n) is 10.8. The molecule has 0 radical (unpaired) electrons. The van der Waals surface area contributed by atoms with Crippen LogP contribution in [-0.4, -0.2) is 14.1 Å². The van der Waals surface area contributed by atoms with E-state index in [4.69, 9.17) is 11.6 Å². The Kier molecular flexibility index (Phi) is 6.78. The lowest BCUT2D eigenvalue weighted by molar-refractivity contribution is 1.18. The molecule has 7 aromatic carbocycles. The maximum atomic E-state index is 9.65. The minimum atomic E-state index is 0.625. The Labute approximate surface area is 319 Å². The number of hydrogen-bond acceptors (Lipinski definition) is 3. The monoisotopic (exact) mass is 717 g/mol. The van der Waals surface area contributed by atoms with E-state index in [9.17, 15) is 5.26 Å². The van der Waals surface area contributed by atoms with E-state index in [0.717, 1.165) is 92.8 Å². The van der Waals surface area contributed by atoms with Crippen molar-refractivity contribution in [1.82, 2.24) is 14.1 Å². The van der Waals surface area contributed by atoms with E-state index in [1.165, 1.54) is 4.70 Å². The normalized spacial score (nSPS) is 11.6. The van der Waals surface area contributed by atoms with Gasteiger partial charge in [-0.1, -0.05) is 72.8 Å². The van der Waals surface area contributed by atoms with Gasteiger partial charge in [0.15, 0.2) is 5.69 Å². The first-order chi connectivity index (χ1) is 27.2. The Balaban J connectivity index is 1.08. The summed E-state index contributed by atoms with van der Waals surface area (Å²) in [5.41, 5.74) is 13.2. The summed E-state index contributed by atoms with van der Waals surface area (Å²) in [4.78, 5) is 8.53. The van der Waals surface area contributed by atoms with Gasteiger partial charge in [0.2, 0.25) is 0 Å². The molecule has 0 amide bonds. The smallest absolute Gasteiger partial charge is 0.188 e. The van der Waals surface area contributed by atoms with Crippen molar-refractivity contribution in [3.05, 3.63) is 181 Å². The predicted molar refractivity (Wildman–Crippen MR) is 228 cm³/mol. The molecule has 254 valence electrons. The number of benzene rings is 7. The summed E-state index contributed by atoms with van der Waals surface area (Å²) >= 11 is 1.76. The minimum Gasteiger partial charge on any atom is -0.309 e. The zero-order valence-electron chi connectivity index (χ0n) is 29.2. The quantitative estimate of drug-likeness (QED) is 0.170. The van der Waals surface area contributed by atoms with Crippen molar-refractivity contribution in [1.29, 1.82) is 5.26 Å². The second kappa shape index (κ2) is 12.0. The highest BCUT2D eigenvalue weighted by molar-refractivity contribution is 7.26. The number of rotatable bonds is 4. The van der Waals surface area contributed by atoms with Gasteiger partial charge in [-0.05, 0) is 113 Å². The Morgan fingerprint density at radius 2 is 1.24 bits per heavy atom. The number of pyridine rings is 1. The van der Waals surface area contributed by atoms with Crippen molar-refractivity contribution in [2.75, 3.05) is 0 Å². The molecule has 0 aliphatic carbocycles. The van der Waals surface area contributed by atoms with Gasteiger partial charge in [0.05, 0.1) is 50.5 Å². The van der Waals surface area contributed by atoms with Gasteiger partial charge in [-0.25, -0.2) is 4.85 Å². The maximum Gasteiger partial charge on any atom is 0.188 e. The van der Waals surface area contributed by atoms with Crippen molar-refractivity contribution in [3.8, 4) is 39.7 Å². The van der Waals surface area contributed by atoms with E-state index >= 15 is 0 Å². The summed E-state index contributed by atoms with van der Waals surface area (Å²) in [6.07, 6.45) is 1.86. The van der Waals surface area contributed by atoms with Crippen LogP contribution in [0.3, 0.4) is 0 Å². The number of hydrogen-bond donors (Lipinski definition) is 0. The molecule has 0 fully saturated rings. The largest absolute Gasteiger partial charge is 0.309 e. The SMILES string of the molecule is [C-]#[N+]c1ccc2c(c1)c1c3sc4cccnc4c3ccc1n2-c1cccc(-c2ccccc2-c2cccc(-n3c4ccccc4c4cc(C#N)ccc43)c2)c1. The number of fused-ring (bicyclic) bond motifs is 10. The number of para-hydroxylation sites is 1. The summed E-state index contributed by atoms with van der Waals surface area (Å²) in [5.74, 6) is 0. The molecule has 6 heteroatoms. The molecule has 0 spiro atoms. The Morgan fingerprint density at radius 1 is 0.564 bits per heavy atom. The van der Waals surface area contributed by atoms with Gasteiger partial charge in [-0.15, -0.1) is 11.3 Å². The lowest BCUT2D eigenvalue weighted by Crippen LogP contribution is -1.96. The zero-order valence-corrected chi connectivity index (χ0v) is 30.0. The molecule has 11 aromatic rings. The van der Waals surface area contributed by atoms with Crippen LogP contribution in [-0.2, 0) is 0 Å². The first-order valence-corrected chi connectivity index (χ1v) is 18.9. The average molecular weight is 718 g/mol. The lowest BCUT2D eigenvalue weighted by atomic mass is 9.94. The van der Waals surface area contributed by atoms with Crippen molar-refractivity contribution >= 4 is 80.9 Å². The van der Waals surface area contributed by atoms with Crippen LogP contribution in [0.25, 0.3) is 102 Å². The van der Waals surface area contributed by atoms with Crippen LogP contribution in [0.15, 0.2) is 164 Å². The summed E-state index contributed by atoms with van der Waals surface area (Å²) in [7, 11) is 0. The molecule has 0 bridgehead atoms. The van der Waals surface area contributed by atoms with Gasteiger partial charge in [0, 0.05) is 43.8 Å².